The van der Waals surface area contributed by atoms with Gasteiger partial charge in [-0.2, -0.15) is 0 Å². The number of piperidine rings is 1. The summed E-state index contributed by atoms with van der Waals surface area (Å²) in [7, 11) is -3.38. The molecule has 1 aliphatic rings. The Labute approximate surface area is 108 Å². The molecule has 0 aliphatic carbocycles. The molecule has 6 heteroatoms. The summed E-state index contributed by atoms with van der Waals surface area (Å²) in [5.74, 6) is 0.362. The van der Waals surface area contributed by atoms with E-state index >= 15 is 0 Å². The van der Waals surface area contributed by atoms with Crippen molar-refractivity contribution in [2.24, 2.45) is 11.3 Å². The number of carbonyl (C=O) groups is 1. The van der Waals surface area contributed by atoms with E-state index in [4.69, 9.17) is 11.6 Å². The second-order valence-electron chi connectivity index (χ2n) is 5.50. The van der Waals surface area contributed by atoms with Crippen molar-refractivity contribution in [3.05, 3.63) is 0 Å². The van der Waals surface area contributed by atoms with Crippen LogP contribution >= 0.6 is 11.6 Å². The van der Waals surface area contributed by atoms with Crippen molar-refractivity contribution in [3.8, 4) is 0 Å². The molecule has 0 aromatic heterocycles. The first-order valence-electron chi connectivity index (χ1n) is 5.83. The van der Waals surface area contributed by atoms with Crippen LogP contribution in [0.2, 0.25) is 0 Å². The molecule has 0 unspecified atom stereocenters. The predicted octanol–water partition coefficient (Wildman–Crippen LogP) is 1.84. The normalized spacial score (nSPS) is 20.5. The van der Waals surface area contributed by atoms with Gasteiger partial charge in [0.25, 0.3) is 0 Å². The molecule has 0 bridgehead atoms. The van der Waals surface area contributed by atoms with Crippen LogP contribution in [0.25, 0.3) is 0 Å². The van der Waals surface area contributed by atoms with Gasteiger partial charge in [0.1, 0.15) is 0 Å². The highest BCUT2D eigenvalue weighted by atomic mass is 35.5. The molecule has 0 aromatic rings. The van der Waals surface area contributed by atoms with Crippen LogP contribution in [0.15, 0.2) is 0 Å². The zero-order chi connectivity index (χ0) is 13.3. The van der Waals surface area contributed by atoms with Gasteiger partial charge in [-0.3, -0.25) is 4.79 Å². The fourth-order valence-corrected chi connectivity index (χ4v) is 4.01. The lowest BCUT2D eigenvalue weighted by atomic mass is 9.99. The summed E-state index contributed by atoms with van der Waals surface area (Å²) in [6.45, 7) is 6.35. The zero-order valence-electron chi connectivity index (χ0n) is 10.6. The van der Waals surface area contributed by atoms with Crippen molar-refractivity contribution in [1.29, 1.82) is 0 Å². The lowest BCUT2D eigenvalue weighted by molar-refractivity contribution is -0.118. The molecule has 4 nitrogen and oxygen atoms in total. The second-order valence-corrected chi connectivity index (χ2v) is 7.81. The number of nitrogens with zero attached hydrogens (tertiary/aromatic N) is 1. The Morgan fingerprint density at radius 3 is 2.24 bits per heavy atom. The van der Waals surface area contributed by atoms with E-state index in [-0.39, 0.29) is 5.75 Å². The van der Waals surface area contributed by atoms with Crippen molar-refractivity contribution in [2.75, 3.05) is 18.8 Å². The SMILES string of the molecule is CC1CCN(S(=O)(=O)CC(C)(C)C(=O)Cl)CC1. The molecule has 0 atom stereocenters. The first kappa shape index (κ1) is 14.9. The summed E-state index contributed by atoms with van der Waals surface area (Å²) in [5, 5.41) is -0.605. The zero-order valence-corrected chi connectivity index (χ0v) is 12.1. The van der Waals surface area contributed by atoms with Crippen LogP contribution in [0.5, 0.6) is 0 Å². The summed E-state index contributed by atoms with van der Waals surface area (Å²) in [6.07, 6.45) is 1.77. The molecule has 1 rings (SSSR count). The molecular formula is C11H20ClNO3S. The summed E-state index contributed by atoms with van der Waals surface area (Å²) < 4.78 is 25.7. The minimum absolute atomic E-state index is 0.212. The first-order valence-corrected chi connectivity index (χ1v) is 7.81. The van der Waals surface area contributed by atoms with Crippen molar-refractivity contribution < 1.29 is 13.2 Å². The predicted molar refractivity (Wildman–Crippen MR) is 68.4 cm³/mol. The molecule has 1 fully saturated rings. The monoisotopic (exact) mass is 281 g/mol. The third-order valence-corrected chi connectivity index (χ3v) is 5.96. The Kier molecular flexibility index (Phi) is 4.60. The Morgan fingerprint density at radius 1 is 1.35 bits per heavy atom. The minimum atomic E-state index is -3.38. The van der Waals surface area contributed by atoms with Crippen LogP contribution in [0.3, 0.4) is 0 Å². The van der Waals surface area contributed by atoms with Gasteiger partial charge < -0.3 is 0 Å². The van der Waals surface area contributed by atoms with Gasteiger partial charge in [0.15, 0.2) is 0 Å². The van der Waals surface area contributed by atoms with Gasteiger partial charge in [-0.1, -0.05) is 20.8 Å². The Bertz CT molecular complexity index is 384. The highest BCUT2D eigenvalue weighted by Crippen LogP contribution is 2.26. The van der Waals surface area contributed by atoms with Crippen molar-refractivity contribution in [2.45, 2.75) is 33.6 Å². The van der Waals surface area contributed by atoms with E-state index in [2.05, 4.69) is 6.92 Å². The first-order chi connectivity index (χ1) is 7.65. The van der Waals surface area contributed by atoms with Crippen LogP contribution in [-0.2, 0) is 14.8 Å². The van der Waals surface area contributed by atoms with Crippen LogP contribution in [-0.4, -0.2) is 36.8 Å². The topological polar surface area (TPSA) is 54.5 Å². The van der Waals surface area contributed by atoms with Gasteiger partial charge in [-0.05, 0) is 30.4 Å². The summed E-state index contributed by atoms with van der Waals surface area (Å²) in [4.78, 5) is 11.2. The number of hydrogen-bond donors (Lipinski definition) is 0. The van der Waals surface area contributed by atoms with Gasteiger partial charge in [0.2, 0.25) is 15.3 Å². The van der Waals surface area contributed by atoms with Gasteiger partial charge in [-0.15, -0.1) is 0 Å². The Balaban J connectivity index is 2.73. The quantitative estimate of drug-likeness (QED) is 0.739. The Hall–Kier alpha value is -0.130. The van der Waals surface area contributed by atoms with E-state index in [9.17, 15) is 13.2 Å². The molecular weight excluding hydrogens is 262 g/mol. The van der Waals surface area contributed by atoms with Gasteiger partial charge in [0, 0.05) is 13.1 Å². The lowest BCUT2D eigenvalue weighted by Gasteiger charge is -2.31. The molecule has 100 valence electrons. The van der Waals surface area contributed by atoms with Crippen LogP contribution in [0, 0.1) is 11.3 Å². The molecule has 0 spiro atoms. The molecule has 0 aromatic carbocycles. The van der Waals surface area contributed by atoms with Gasteiger partial charge in [0.05, 0.1) is 11.2 Å². The highest BCUT2D eigenvalue weighted by Gasteiger charge is 2.36. The molecule has 1 saturated heterocycles. The van der Waals surface area contributed by atoms with Crippen molar-refractivity contribution in [3.63, 3.8) is 0 Å². The van der Waals surface area contributed by atoms with Crippen LogP contribution in [0.4, 0.5) is 0 Å². The van der Waals surface area contributed by atoms with E-state index < -0.39 is 20.7 Å². The average molecular weight is 282 g/mol. The fraction of sp³-hybridized carbons (Fsp3) is 0.909. The molecule has 17 heavy (non-hydrogen) atoms. The Morgan fingerprint density at radius 2 is 1.82 bits per heavy atom. The van der Waals surface area contributed by atoms with Crippen molar-refractivity contribution >= 4 is 26.9 Å². The summed E-state index contributed by atoms with van der Waals surface area (Å²) >= 11 is 5.42. The van der Waals surface area contributed by atoms with E-state index in [0.29, 0.717) is 19.0 Å². The van der Waals surface area contributed by atoms with E-state index in [1.807, 2.05) is 0 Å². The smallest absolute Gasteiger partial charge is 0.228 e. The number of hydrogen-bond acceptors (Lipinski definition) is 3. The van der Waals surface area contributed by atoms with Gasteiger partial charge in [-0.25, -0.2) is 12.7 Å². The summed E-state index contributed by atoms with van der Waals surface area (Å²) in [6, 6.07) is 0. The maximum Gasteiger partial charge on any atom is 0.228 e. The number of halogens is 1. The maximum absolute atomic E-state index is 12.1. The number of carbonyl (C=O) groups excluding carboxylic acids is 1. The average Bonchev–Trinajstić information content (AvgIpc) is 2.16. The lowest BCUT2D eigenvalue weighted by Crippen LogP contribution is -2.43. The largest absolute Gasteiger partial charge is 0.281 e. The second kappa shape index (κ2) is 5.24. The van der Waals surface area contributed by atoms with E-state index in [1.165, 1.54) is 4.31 Å². The van der Waals surface area contributed by atoms with E-state index in [0.717, 1.165) is 12.8 Å². The number of sulfonamides is 1. The molecule has 1 heterocycles. The molecule has 0 saturated carbocycles. The molecule has 1 aliphatic heterocycles. The fourth-order valence-electron chi connectivity index (χ4n) is 1.87. The third kappa shape index (κ3) is 3.93. The van der Waals surface area contributed by atoms with Crippen LogP contribution in [0.1, 0.15) is 33.6 Å². The van der Waals surface area contributed by atoms with Crippen molar-refractivity contribution in [1.82, 2.24) is 4.31 Å². The molecule has 0 radical (unpaired) electrons. The minimum Gasteiger partial charge on any atom is -0.281 e. The number of rotatable bonds is 4. The third-order valence-electron chi connectivity index (χ3n) is 3.21. The summed E-state index contributed by atoms with van der Waals surface area (Å²) in [5.41, 5.74) is -1.02. The molecule has 0 N–H and O–H groups in total. The standard InChI is InChI=1S/C11H20ClNO3S/c1-9-4-6-13(7-5-9)17(15,16)8-11(2,3)10(12)14/h9H,4-8H2,1-3H3. The highest BCUT2D eigenvalue weighted by molar-refractivity contribution is 7.89. The van der Waals surface area contributed by atoms with E-state index in [1.54, 1.807) is 13.8 Å². The van der Waals surface area contributed by atoms with Gasteiger partial charge >= 0.3 is 0 Å². The van der Waals surface area contributed by atoms with Crippen LogP contribution < -0.4 is 0 Å². The maximum atomic E-state index is 12.1. The molecule has 0 amide bonds.